The van der Waals surface area contributed by atoms with Gasteiger partial charge in [0.1, 0.15) is 5.52 Å². The van der Waals surface area contributed by atoms with E-state index in [1.165, 1.54) is 11.8 Å². The average molecular weight is 323 g/mol. The van der Waals surface area contributed by atoms with Crippen molar-refractivity contribution in [3.8, 4) is 11.8 Å². The van der Waals surface area contributed by atoms with Gasteiger partial charge in [-0.25, -0.2) is 4.98 Å². The van der Waals surface area contributed by atoms with Crippen LogP contribution in [0.4, 0.5) is 0 Å². The van der Waals surface area contributed by atoms with Gasteiger partial charge in [0, 0.05) is 6.20 Å². The molecule has 0 aliphatic heterocycles. The van der Waals surface area contributed by atoms with Crippen LogP contribution in [0.2, 0.25) is 0 Å². The quantitative estimate of drug-likeness (QED) is 0.547. The molecule has 23 heavy (non-hydrogen) atoms. The summed E-state index contributed by atoms with van der Waals surface area (Å²) in [6.07, 6.45) is 3.77. The van der Waals surface area contributed by atoms with E-state index in [0.29, 0.717) is 18.6 Å². The molecular formula is C18H17N3OS. The number of hydrogen-bond acceptors (Lipinski definition) is 3. The normalized spacial score (nSPS) is 10.5. The lowest BCUT2D eigenvalue weighted by Crippen LogP contribution is -2.22. The van der Waals surface area contributed by atoms with Gasteiger partial charge >= 0.3 is 0 Å². The van der Waals surface area contributed by atoms with Gasteiger partial charge in [-0.1, -0.05) is 48.0 Å². The molecule has 0 spiro atoms. The minimum atomic E-state index is -0.0305. The van der Waals surface area contributed by atoms with Crippen molar-refractivity contribution in [2.45, 2.75) is 25.2 Å². The fourth-order valence-electron chi connectivity index (χ4n) is 2.52. The van der Waals surface area contributed by atoms with Crippen LogP contribution in [0.3, 0.4) is 0 Å². The number of imidazole rings is 1. The predicted molar refractivity (Wildman–Crippen MR) is 94.8 cm³/mol. The van der Waals surface area contributed by atoms with Crippen molar-refractivity contribution in [1.29, 1.82) is 0 Å². The molecule has 0 saturated carbocycles. The largest absolute Gasteiger partial charge is 0.309 e. The molecular weight excluding hydrogens is 306 g/mol. The Kier molecular flexibility index (Phi) is 4.54. The van der Waals surface area contributed by atoms with Crippen molar-refractivity contribution in [3.05, 3.63) is 58.5 Å². The highest BCUT2D eigenvalue weighted by molar-refractivity contribution is 7.98. The van der Waals surface area contributed by atoms with E-state index < -0.39 is 0 Å². The van der Waals surface area contributed by atoms with Gasteiger partial charge in [-0.15, -0.1) is 5.92 Å². The number of fused-ring (bicyclic) bond motifs is 1. The van der Waals surface area contributed by atoms with Crippen LogP contribution in [0, 0.1) is 11.8 Å². The third-order valence-electron chi connectivity index (χ3n) is 3.63. The third-order valence-corrected chi connectivity index (χ3v) is 4.30. The summed E-state index contributed by atoms with van der Waals surface area (Å²) in [5.74, 6) is 5.90. The molecule has 0 atom stereocenters. The third kappa shape index (κ3) is 3.03. The van der Waals surface area contributed by atoms with E-state index in [1.807, 2.05) is 53.4 Å². The zero-order valence-corrected chi connectivity index (χ0v) is 13.9. The van der Waals surface area contributed by atoms with E-state index in [-0.39, 0.29) is 5.56 Å². The Bertz CT molecular complexity index is 945. The predicted octanol–water partition coefficient (Wildman–Crippen LogP) is 2.99. The average Bonchev–Trinajstić information content (AvgIpc) is 2.95. The van der Waals surface area contributed by atoms with Crippen molar-refractivity contribution in [1.82, 2.24) is 14.1 Å². The first-order valence-corrected chi connectivity index (χ1v) is 8.54. The molecule has 2 heterocycles. The van der Waals surface area contributed by atoms with Gasteiger partial charge < -0.3 is 9.13 Å². The summed E-state index contributed by atoms with van der Waals surface area (Å²) in [6, 6.07) is 11.9. The Morgan fingerprint density at radius 1 is 1.22 bits per heavy atom. The number of thioether (sulfide) groups is 1. The van der Waals surface area contributed by atoms with Crippen LogP contribution in [0.25, 0.3) is 11.0 Å². The SMILES string of the molecule is CC#CCn1c(SC)nc2ccn(Cc3ccccc3)c(=O)c21. The summed E-state index contributed by atoms with van der Waals surface area (Å²) in [4.78, 5) is 17.4. The maximum absolute atomic E-state index is 12.9. The highest BCUT2D eigenvalue weighted by Gasteiger charge is 2.14. The van der Waals surface area contributed by atoms with Gasteiger partial charge in [-0.3, -0.25) is 4.79 Å². The summed E-state index contributed by atoms with van der Waals surface area (Å²) < 4.78 is 3.62. The zero-order valence-electron chi connectivity index (χ0n) is 13.1. The van der Waals surface area contributed by atoms with Crippen LogP contribution >= 0.6 is 11.8 Å². The summed E-state index contributed by atoms with van der Waals surface area (Å²) in [6.45, 7) is 2.83. The van der Waals surface area contributed by atoms with Gasteiger partial charge in [0.2, 0.25) is 0 Å². The lowest BCUT2D eigenvalue weighted by molar-refractivity contribution is 0.733. The monoisotopic (exact) mass is 323 g/mol. The van der Waals surface area contributed by atoms with Gasteiger partial charge in [0.15, 0.2) is 5.16 Å². The molecule has 0 aliphatic carbocycles. The van der Waals surface area contributed by atoms with Crippen molar-refractivity contribution < 1.29 is 0 Å². The molecule has 0 fully saturated rings. The van der Waals surface area contributed by atoms with Gasteiger partial charge in [-0.05, 0) is 24.8 Å². The standard InChI is InChI=1S/C18H17N3OS/c1-3-4-11-21-16-15(19-18(21)23-2)10-12-20(17(16)22)13-14-8-6-5-7-9-14/h5-10,12H,11,13H2,1-2H3. The van der Waals surface area contributed by atoms with Crippen LogP contribution < -0.4 is 5.56 Å². The second-order valence-electron chi connectivity index (χ2n) is 5.08. The second-order valence-corrected chi connectivity index (χ2v) is 5.85. The van der Waals surface area contributed by atoms with Crippen molar-refractivity contribution in [2.75, 3.05) is 6.26 Å². The molecule has 4 nitrogen and oxygen atoms in total. The first-order chi connectivity index (χ1) is 11.2. The van der Waals surface area contributed by atoms with E-state index >= 15 is 0 Å². The molecule has 0 radical (unpaired) electrons. The van der Waals surface area contributed by atoms with Crippen molar-refractivity contribution >= 4 is 22.8 Å². The second kappa shape index (κ2) is 6.76. The highest BCUT2D eigenvalue weighted by atomic mass is 32.2. The van der Waals surface area contributed by atoms with Crippen molar-refractivity contribution in [2.24, 2.45) is 0 Å². The molecule has 1 aromatic carbocycles. The molecule has 0 saturated heterocycles. The van der Waals surface area contributed by atoms with E-state index in [0.717, 1.165) is 16.2 Å². The highest BCUT2D eigenvalue weighted by Crippen LogP contribution is 2.20. The van der Waals surface area contributed by atoms with Crippen molar-refractivity contribution in [3.63, 3.8) is 0 Å². The van der Waals surface area contributed by atoms with E-state index in [4.69, 9.17) is 0 Å². The Labute approximate surface area is 139 Å². The minimum absolute atomic E-state index is 0.0305. The first kappa shape index (κ1) is 15.4. The summed E-state index contributed by atoms with van der Waals surface area (Å²) in [5, 5.41) is 0.817. The van der Waals surface area contributed by atoms with Gasteiger partial charge in [-0.2, -0.15) is 0 Å². The molecule has 0 aliphatic rings. The lowest BCUT2D eigenvalue weighted by atomic mass is 10.2. The van der Waals surface area contributed by atoms with E-state index in [1.54, 1.807) is 11.5 Å². The molecule has 116 valence electrons. The molecule has 0 unspecified atom stereocenters. The Morgan fingerprint density at radius 2 is 2.00 bits per heavy atom. The first-order valence-electron chi connectivity index (χ1n) is 7.31. The number of nitrogens with zero attached hydrogens (tertiary/aromatic N) is 3. The molecule has 3 rings (SSSR count). The molecule has 0 bridgehead atoms. The molecule has 0 N–H and O–H groups in total. The summed E-state index contributed by atoms with van der Waals surface area (Å²) in [5.41, 5.74) is 2.41. The Morgan fingerprint density at radius 3 is 2.70 bits per heavy atom. The maximum atomic E-state index is 12.9. The number of hydrogen-bond donors (Lipinski definition) is 0. The van der Waals surface area contributed by atoms with Crippen LogP contribution in [0.5, 0.6) is 0 Å². The zero-order chi connectivity index (χ0) is 16.2. The van der Waals surface area contributed by atoms with Crippen LogP contribution in [-0.2, 0) is 13.1 Å². The molecule has 2 aromatic heterocycles. The maximum Gasteiger partial charge on any atom is 0.277 e. The molecule has 5 heteroatoms. The van der Waals surface area contributed by atoms with Crippen LogP contribution in [-0.4, -0.2) is 20.4 Å². The van der Waals surface area contributed by atoms with Gasteiger partial charge in [0.25, 0.3) is 5.56 Å². The number of benzene rings is 1. The smallest absolute Gasteiger partial charge is 0.277 e. The fourth-order valence-corrected chi connectivity index (χ4v) is 3.09. The number of pyridine rings is 1. The fraction of sp³-hybridized carbons (Fsp3) is 0.222. The minimum Gasteiger partial charge on any atom is -0.309 e. The van der Waals surface area contributed by atoms with Crippen LogP contribution in [0.1, 0.15) is 12.5 Å². The Balaban J connectivity index is 2.13. The molecule has 3 aromatic rings. The lowest BCUT2D eigenvalue weighted by Gasteiger charge is -2.07. The number of aromatic nitrogens is 3. The van der Waals surface area contributed by atoms with Gasteiger partial charge in [0.05, 0.1) is 18.6 Å². The van der Waals surface area contributed by atoms with E-state index in [2.05, 4.69) is 16.8 Å². The van der Waals surface area contributed by atoms with E-state index in [9.17, 15) is 4.79 Å². The Hall–Kier alpha value is -2.45. The molecule has 0 amide bonds. The summed E-state index contributed by atoms with van der Waals surface area (Å²) >= 11 is 1.53. The van der Waals surface area contributed by atoms with Crippen LogP contribution in [0.15, 0.2) is 52.5 Å². The number of rotatable bonds is 4. The summed E-state index contributed by atoms with van der Waals surface area (Å²) in [7, 11) is 0. The topological polar surface area (TPSA) is 39.8 Å².